The number of aryl methyl sites for hydroxylation is 1. The molecule has 0 N–H and O–H groups in total. The van der Waals surface area contributed by atoms with Gasteiger partial charge in [-0.1, -0.05) is 6.92 Å². The second-order valence-corrected chi connectivity index (χ2v) is 4.07. The molecule has 0 amide bonds. The van der Waals surface area contributed by atoms with Crippen LogP contribution in [0.1, 0.15) is 18.4 Å². The van der Waals surface area contributed by atoms with E-state index in [2.05, 4.69) is 9.72 Å². The molecule has 0 unspecified atom stereocenters. The molecule has 0 aliphatic heterocycles. The number of hydrogen-bond donors (Lipinski definition) is 0. The van der Waals surface area contributed by atoms with E-state index in [0.29, 0.717) is 6.42 Å². The Hall–Kier alpha value is -1.36. The summed E-state index contributed by atoms with van der Waals surface area (Å²) < 4.78 is 6.68. The second-order valence-electron chi connectivity index (χ2n) is 3.18. The van der Waals surface area contributed by atoms with Crippen molar-refractivity contribution in [3.63, 3.8) is 0 Å². The van der Waals surface area contributed by atoms with E-state index in [9.17, 15) is 4.79 Å². The van der Waals surface area contributed by atoms with Gasteiger partial charge in [-0.2, -0.15) is 0 Å². The molecule has 0 saturated heterocycles. The van der Waals surface area contributed by atoms with Crippen LogP contribution in [0.5, 0.6) is 0 Å². The first kappa shape index (κ1) is 10.2. The minimum atomic E-state index is -0.217. The highest BCUT2D eigenvalue weighted by Gasteiger charge is 2.12. The Morgan fingerprint density at radius 2 is 2.47 bits per heavy atom. The van der Waals surface area contributed by atoms with Gasteiger partial charge in [0.1, 0.15) is 10.7 Å². The van der Waals surface area contributed by atoms with Crippen molar-refractivity contribution in [2.75, 3.05) is 7.11 Å². The maximum atomic E-state index is 11.2. The van der Waals surface area contributed by atoms with Crippen molar-refractivity contribution in [1.82, 2.24) is 9.38 Å². The Balaban J connectivity index is 2.42. The molecule has 80 valence electrons. The Morgan fingerprint density at radius 3 is 3.13 bits per heavy atom. The topological polar surface area (TPSA) is 43.6 Å². The molecule has 2 aromatic rings. The lowest BCUT2D eigenvalue weighted by molar-refractivity contribution is -0.139. The molecule has 0 aromatic carbocycles. The van der Waals surface area contributed by atoms with Gasteiger partial charge in [-0.25, -0.2) is 4.98 Å². The minimum absolute atomic E-state index is 0.217. The zero-order valence-corrected chi connectivity index (χ0v) is 9.50. The summed E-state index contributed by atoms with van der Waals surface area (Å²) in [5.41, 5.74) is 0.955. The molecule has 0 radical (unpaired) electrons. The lowest BCUT2D eigenvalue weighted by atomic mass is 10.3. The molecule has 0 aliphatic rings. The van der Waals surface area contributed by atoms with Crippen LogP contribution < -0.4 is 0 Å². The number of rotatable bonds is 3. The van der Waals surface area contributed by atoms with Gasteiger partial charge in [-0.3, -0.25) is 9.20 Å². The summed E-state index contributed by atoms with van der Waals surface area (Å²) in [6.45, 7) is 2.05. The normalized spacial score (nSPS) is 10.8. The molecule has 0 saturated carbocycles. The van der Waals surface area contributed by atoms with Crippen molar-refractivity contribution < 1.29 is 9.53 Å². The van der Waals surface area contributed by atoms with Gasteiger partial charge in [0.2, 0.25) is 0 Å². The van der Waals surface area contributed by atoms with Crippen LogP contribution in [0.4, 0.5) is 0 Å². The summed E-state index contributed by atoms with van der Waals surface area (Å²) in [4.78, 5) is 16.6. The van der Waals surface area contributed by atoms with Crippen molar-refractivity contribution in [3.8, 4) is 0 Å². The summed E-state index contributed by atoms with van der Waals surface area (Å²) in [6.07, 6.45) is 3.00. The zero-order chi connectivity index (χ0) is 10.8. The van der Waals surface area contributed by atoms with Gasteiger partial charge in [-0.15, -0.1) is 11.3 Å². The number of nitrogens with zero attached hydrogens (tertiary/aromatic N) is 2. The molecule has 0 atom stereocenters. The Morgan fingerprint density at radius 1 is 1.67 bits per heavy atom. The number of esters is 1. The summed E-state index contributed by atoms with van der Waals surface area (Å²) in [6, 6.07) is 0. The van der Waals surface area contributed by atoms with E-state index in [0.717, 1.165) is 22.8 Å². The van der Waals surface area contributed by atoms with E-state index in [1.807, 2.05) is 22.9 Å². The lowest BCUT2D eigenvalue weighted by Gasteiger charge is -2.00. The second kappa shape index (κ2) is 4.02. The number of carbonyl (C=O) groups excluding carboxylic acids is 1. The highest BCUT2D eigenvalue weighted by atomic mass is 32.1. The molecule has 15 heavy (non-hydrogen) atoms. The number of hydrogen-bond acceptors (Lipinski definition) is 4. The van der Waals surface area contributed by atoms with Crippen molar-refractivity contribution >= 4 is 22.1 Å². The predicted octanol–water partition coefficient (Wildman–Crippen LogP) is 1.67. The summed E-state index contributed by atoms with van der Waals surface area (Å²) in [5, 5.41) is 1.98. The van der Waals surface area contributed by atoms with Gasteiger partial charge in [-0.05, 0) is 0 Å². The molecular formula is C10H12N2O2S. The third-order valence-electron chi connectivity index (χ3n) is 2.27. The lowest BCUT2D eigenvalue weighted by Crippen LogP contribution is -2.07. The van der Waals surface area contributed by atoms with Crippen LogP contribution in [0.15, 0.2) is 11.6 Å². The SMILES string of the molecule is CCc1ncc2scc(CC(=O)OC)n12. The standard InChI is InChI=1S/C10H12N2O2S/c1-3-8-11-5-9-12(8)7(6-15-9)4-10(13)14-2/h5-6H,3-4H2,1-2H3. The van der Waals surface area contributed by atoms with Crippen LogP contribution in [-0.4, -0.2) is 22.5 Å². The van der Waals surface area contributed by atoms with Crippen LogP contribution in [0.25, 0.3) is 4.83 Å². The number of carbonyl (C=O) groups is 1. The molecule has 2 aromatic heterocycles. The van der Waals surface area contributed by atoms with Gasteiger partial charge in [0, 0.05) is 17.5 Å². The molecule has 0 bridgehead atoms. The van der Waals surface area contributed by atoms with Gasteiger partial charge >= 0.3 is 5.97 Å². The van der Waals surface area contributed by atoms with Crippen LogP contribution in [0.2, 0.25) is 0 Å². The van der Waals surface area contributed by atoms with Gasteiger partial charge < -0.3 is 4.74 Å². The fourth-order valence-electron chi connectivity index (χ4n) is 1.53. The summed E-state index contributed by atoms with van der Waals surface area (Å²) in [5.74, 6) is 0.774. The van der Waals surface area contributed by atoms with E-state index < -0.39 is 0 Å². The first-order valence-electron chi connectivity index (χ1n) is 4.75. The summed E-state index contributed by atoms with van der Waals surface area (Å²) >= 11 is 1.60. The minimum Gasteiger partial charge on any atom is -0.469 e. The zero-order valence-electron chi connectivity index (χ0n) is 8.69. The Bertz CT molecular complexity index is 487. The highest BCUT2D eigenvalue weighted by molar-refractivity contribution is 7.15. The number of thiazole rings is 1. The van der Waals surface area contributed by atoms with Crippen LogP contribution in [0, 0.1) is 0 Å². The number of imidazole rings is 1. The molecule has 0 spiro atoms. The highest BCUT2D eigenvalue weighted by Crippen LogP contribution is 2.19. The molecule has 2 heterocycles. The monoisotopic (exact) mass is 224 g/mol. The van der Waals surface area contributed by atoms with E-state index in [1.165, 1.54) is 7.11 Å². The first-order valence-corrected chi connectivity index (χ1v) is 5.63. The van der Waals surface area contributed by atoms with Gasteiger partial charge in [0.25, 0.3) is 0 Å². The van der Waals surface area contributed by atoms with Crippen LogP contribution >= 0.6 is 11.3 Å². The molecular weight excluding hydrogens is 212 g/mol. The van der Waals surface area contributed by atoms with Crippen LogP contribution in [-0.2, 0) is 22.4 Å². The maximum Gasteiger partial charge on any atom is 0.311 e. The molecule has 2 rings (SSSR count). The largest absolute Gasteiger partial charge is 0.469 e. The van der Waals surface area contributed by atoms with Gasteiger partial charge in [0.05, 0.1) is 19.7 Å². The fourth-order valence-corrected chi connectivity index (χ4v) is 2.42. The first-order chi connectivity index (χ1) is 7.26. The molecule has 5 heteroatoms. The third kappa shape index (κ3) is 1.74. The average molecular weight is 224 g/mol. The number of ether oxygens (including phenoxy) is 1. The summed E-state index contributed by atoms with van der Waals surface area (Å²) in [7, 11) is 1.40. The predicted molar refractivity (Wildman–Crippen MR) is 58.2 cm³/mol. The number of fused-ring (bicyclic) bond motifs is 1. The Labute approximate surface area is 91.5 Å². The van der Waals surface area contributed by atoms with E-state index in [4.69, 9.17) is 0 Å². The van der Waals surface area contributed by atoms with E-state index in [1.54, 1.807) is 11.3 Å². The molecule has 0 aliphatic carbocycles. The average Bonchev–Trinajstić information content (AvgIpc) is 2.80. The van der Waals surface area contributed by atoms with Gasteiger partial charge in [0.15, 0.2) is 0 Å². The number of aromatic nitrogens is 2. The fraction of sp³-hybridized carbons (Fsp3) is 0.400. The van der Waals surface area contributed by atoms with E-state index in [-0.39, 0.29) is 5.97 Å². The van der Waals surface area contributed by atoms with Crippen LogP contribution in [0.3, 0.4) is 0 Å². The quantitative estimate of drug-likeness (QED) is 0.745. The Kier molecular flexibility index (Phi) is 2.73. The van der Waals surface area contributed by atoms with E-state index >= 15 is 0 Å². The smallest absolute Gasteiger partial charge is 0.311 e. The molecule has 4 nitrogen and oxygen atoms in total. The third-order valence-corrected chi connectivity index (χ3v) is 3.19. The van der Waals surface area contributed by atoms with Crippen molar-refractivity contribution in [2.45, 2.75) is 19.8 Å². The van der Waals surface area contributed by atoms with Crippen molar-refractivity contribution in [3.05, 3.63) is 23.1 Å². The van der Waals surface area contributed by atoms with Crippen molar-refractivity contribution in [1.29, 1.82) is 0 Å². The number of methoxy groups -OCH3 is 1. The molecule has 0 fully saturated rings. The van der Waals surface area contributed by atoms with Crippen molar-refractivity contribution in [2.24, 2.45) is 0 Å². The maximum absolute atomic E-state index is 11.2.